The third kappa shape index (κ3) is 6.33. The van der Waals surface area contributed by atoms with Gasteiger partial charge < -0.3 is 15.7 Å². The van der Waals surface area contributed by atoms with Crippen LogP contribution in [0.2, 0.25) is 0 Å². The molecule has 0 bridgehead atoms. The van der Waals surface area contributed by atoms with Gasteiger partial charge in [-0.1, -0.05) is 59.7 Å². The minimum atomic E-state index is -1.16. The van der Waals surface area contributed by atoms with Crippen molar-refractivity contribution in [2.45, 2.75) is 19.5 Å². The summed E-state index contributed by atoms with van der Waals surface area (Å²) in [6, 6.07) is 20.6. The fourth-order valence-corrected chi connectivity index (χ4v) is 4.42. The number of aliphatic carboxylic acids is 1. The van der Waals surface area contributed by atoms with Gasteiger partial charge in [0.15, 0.2) is 5.13 Å². The largest absolute Gasteiger partial charge is 0.472 e. The average molecular weight is 496 g/mol. The SMILES string of the molecule is Cl.NCc1ccc(CCN(Cc2ccc(C#CC(=O)O)cc2)c2nc3cccc(F)c3s2)cc1. The number of carboxylic acids is 1. The van der Waals surface area contributed by atoms with Crippen LogP contribution in [-0.2, 0) is 24.3 Å². The maximum atomic E-state index is 14.3. The molecule has 0 aliphatic heterocycles. The summed E-state index contributed by atoms with van der Waals surface area (Å²) in [7, 11) is 0. The number of hydrogen-bond acceptors (Lipinski definition) is 5. The molecular weight excluding hydrogens is 473 g/mol. The number of carbonyl (C=O) groups is 1. The van der Waals surface area contributed by atoms with Crippen LogP contribution in [0.25, 0.3) is 10.2 Å². The normalized spacial score (nSPS) is 10.3. The smallest absolute Gasteiger partial charge is 0.382 e. The highest BCUT2D eigenvalue weighted by atomic mass is 35.5. The minimum absolute atomic E-state index is 0. The molecule has 0 saturated carbocycles. The van der Waals surface area contributed by atoms with Gasteiger partial charge in [0.05, 0.1) is 10.2 Å². The molecular formula is C26H23ClFN3O2S. The summed E-state index contributed by atoms with van der Waals surface area (Å²) in [6.07, 6.45) is 0.797. The molecule has 0 unspecified atom stereocenters. The summed E-state index contributed by atoms with van der Waals surface area (Å²) in [4.78, 5) is 17.5. The lowest BCUT2D eigenvalue weighted by Crippen LogP contribution is -2.25. The molecule has 3 N–H and O–H groups in total. The number of nitrogens with two attached hydrogens (primary N) is 1. The predicted molar refractivity (Wildman–Crippen MR) is 137 cm³/mol. The van der Waals surface area contributed by atoms with Gasteiger partial charge in [0.25, 0.3) is 0 Å². The number of anilines is 1. The number of halogens is 2. The van der Waals surface area contributed by atoms with E-state index in [-0.39, 0.29) is 18.2 Å². The van der Waals surface area contributed by atoms with E-state index in [1.54, 1.807) is 18.2 Å². The fraction of sp³-hybridized carbons (Fsp3) is 0.154. The quantitative estimate of drug-likeness (QED) is 0.353. The van der Waals surface area contributed by atoms with Crippen molar-refractivity contribution in [3.63, 3.8) is 0 Å². The van der Waals surface area contributed by atoms with Crippen LogP contribution in [0, 0.1) is 17.7 Å². The summed E-state index contributed by atoms with van der Waals surface area (Å²) in [5, 5.41) is 9.47. The summed E-state index contributed by atoms with van der Waals surface area (Å²) in [6.45, 7) is 1.79. The predicted octanol–water partition coefficient (Wildman–Crippen LogP) is 5.00. The van der Waals surface area contributed by atoms with Crippen LogP contribution >= 0.6 is 23.7 Å². The zero-order valence-electron chi connectivity index (χ0n) is 18.2. The van der Waals surface area contributed by atoms with Crippen molar-refractivity contribution in [3.05, 3.63) is 94.8 Å². The molecule has 0 saturated heterocycles. The Morgan fingerprint density at radius 1 is 1.03 bits per heavy atom. The summed E-state index contributed by atoms with van der Waals surface area (Å²) in [5.41, 5.74) is 10.3. The molecule has 1 heterocycles. The number of aromatic nitrogens is 1. The molecule has 0 aliphatic rings. The molecule has 0 spiro atoms. The molecule has 174 valence electrons. The Kier molecular flexibility index (Phi) is 8.61. The fourth-order valence-electron chi connectivity index (χ4n) is 3.43. The second kappa shape index (κ2) is 11.6. The Morgan fingerprint density at radius 2 is 1.71 bits per heavy atom. The van der Waals surface area contributed by atoms with E-state index in [9.17, 15) is 9.18 Å². The molecule has 8 heteroatoms. The second-order valence-corrected chi connectivity index (χ2v) is 8.51. The van der Waals surface area contributed by atoms with E-state index in [2.05, 4.69) is 33.9 Å². The zero-order chi connectivity index (χ0) is 23.2. The van der Waals surface area contributed by atoms with Crippen LogP contribution in [-0.4, -0.2) is 22.6 Å². The van der Waals surface area contributed by atoms with Crippen LogP contribution in [0.15, 0.2) is 66.7 Å². The van der Waals surface area contributed by atoms with E-state index >= 15 is 0 Å². The molecule has 5 nitrogen and oxygen atoms in total. The van der Waals surface area contributed by atoms with Crippen LogP contribution in [0.1, 0.15) is 22.3 Å². The van der Waals surface area contributed by atoms with Crippen LogP contribution in [0.3, 0.4) is 0 Å². The first-order chi connectivity index (χ1) is 16.0. The van der Waals surface area contributed by atoms with Crippen molar-refractivity contribution >= 4 is 45.1 Å². The summed E-state index contributed by atoms with van der Waals surface area (Å²) < 4.78 is 14.8. The van der Waals surface area contributed by atoms with Crippen LogP contribution in [0.5, 0.6) is 0 Å². The van der Waals surface area contributed by atoms with E-state index in [1.165, 1.54) is 23.0 Å². The van der Waals surface area contributed by atoms with Gasteiger partial charge in [-0.25, -0.2) is 14.2 Å². The number of thiazole rings is 1. The van der Waals surface area contributed by atoms with E-state index in [0.717, 1.165) is 22.7 Å². The molecule has 0 atom stereocenters. The van der Waals surface area contributed by atoms with Crippen molar-refractivity contribution in [2.24, 2.45) is 5.73 Å². The Labute approximate surface area is 207 Å². The molecule has 0 aliphatic carbocycles. The molecule has 1 aromatic heterocycles. The third-order valence-electron chi connectivity index (χ3n) is 5.20. The van der Waals surface area contributed by atoms with Gasteiger partial charge in [0, 0.05) is 31.1 Å². The Morgan fingerprint density at radius 3 is 2.35 bits per heavy atom. The lowest BCUT2D eigenvalue weighted by atomic mass is 10.1. The van der Waals surface area contributed by atoms with Gasteiger partial charge >= 0.3 is 5.97 Å². The van der Waals surface area contributed by atoms with Gasteiger partial charge in [-0.3, -0.25) is 0 Å². The number of carboxylic acid groups (broad SMARTS) is 1. The highest BCUT2D eigenvalue weighted by Gasteiger charge is 2.15. The molecule has 34 heavy (non-hydrogen) atoms. The second-order valence-electron chi connectivity index (χ2n) is 7.53. The highest BCUT2D eigenvalue weighted by molar-refractivity contribution is 7.22. The Balaban J connectivity index is 0.00000324. The van der Waals surface area contributed by atoms with E-state index < -0.39 is 5.97 Å². The zero-order valence-corrected chi connectivity index (χ0v) is 19.8. The Hall–Kier alpha value is -3.44. The lowest BCUT2D eigenvalue weighted by molar-refractivity contribution is -0.130. The van der Waals surface area contributed by atoms with Crippen molar-refractivity contribution in [2.75, 3.05) is 11.4 Å². The van der Waals surface area contributed by atoms with Crippen molar-refractivity contribution in [1.82, 2.24) is 4.98 Å². The van der Waals surface area contributed by atoms with Crippen LogP contribution < -0.4 is 10.6 Å². The van der Waals surface area contributed by atoms with E-state index in [1.807, 2.05) is 30.3 Å². The summed E-state index contributed by atoms with van der Waals surface area (Å²) >= 11 is 1.34. The maximum absolute atomic E-state index is 14.3. The number of nitrogens with zero attached hydrogens (tertiary/aromatic N) is 2. The van der Waals surface area contributed by atoms with Crippen molar-refractivity contribution in [3.8, 4) is 11.8 Å². The van der Waals surface area contributed by atoms with Gasteiger partial charge in [0.1, 0.15) is 5.82 Å². The first-order valence-corrected chi connectivity index (χ1v) is 11.3. The van der Waals surface area contributed by atoms with E-state index in [4.69, 9.17) is 10.8 Å². The number of fused-ring (bicyclic) bond motifs is 1. The third-order valence-corrected chi connectivity index (χ3v) is 6.34. The molecule has 4 aromatic rings. The van der Waals surface area contributed by atoms with Crippen molar-refractivity contribution < 1.29 is 14.3 Å². The minimum Gasteiger partial charge on any atom is -0.472 e. The standard InChI is InChI=1S/C26H22FN3O2S.ClH/c27-22-2-1-3-23-25(22)33-26(29-23)30(15-14-19-4-8-20(16-28)9-5-19)17-21-10-6-18(7-11-21)12-13-24(31)32;/h1-11H,14-17,28H2,(H,31,32);1H. The molecule has 4 rings (SSSR count). The molecule has 0 amide bonds. The van der Waals surface area contributed by atoms with Gasteiger partial charge in [-0.15, -0.1) is 12.4 Å². The first-order valence-electron chi connectivity index (χ1n) is 10.4. The number of benzene rings is 3. The number of rotatable bonds is 7. The van der Waals surface area contributed by atoms with Crippen LogP contribution in [0.4, 0.5) is 9.52 Å². The maximum Gasteiger partial charge on any atom is 0.382 e. The van der Waals surface area contributed by atoms with E-state index in [0.29, 0.717) is 35.4 Å². The summed E-state index contributed by atoms with van der Waals surface area (Å²) in [5.74, 6) is 3.30. The van der Waals surface area contributed by atoms with Gasteiger partial charge in [0.2, 0.25) is 0 Å². The molecule has 3 aromatic carbocycles. The molecule has 0 radical (unpaired) electrons. The Bertz CT molecular complexity index is 1330. The van der Waals surface area contributed by atoms with Crippen molar-refractivity contribution in [1.29, 1.82) is 0 Å². The van der Waals surface area contributed by atoms with Gasteiger partial charge in [-0.2, -0.15) is 0 Å². The first kappa shape index (κ1) is 25.2. The molecule has 0 fully saturated rings. The monoisotopic (exact) mass is 495 g/mol. The topological polar surface area (TPSA) is 79.5 Å². The average Bonchev–Trinajstić information content (AvgIpc) is 3.27. The highest BCUT2D eigenvalue weighted by Crippen LogP contribution is 2.31. The van der Waals surface area contributed by atoms with Gasteiger partial charge in [-0.05, 0) is 47.4 Å². The number of hydrogen-bond donors (Lipinski definition) is 2. The lowest BCUT2D eigenvalue weighted by Gasteiger charge is -2.22.